The fraction of sp³-hybridized carbons (Fsp3) is 0.667. The molecule has 0 fully saturated rings. The average molecular weight is 212 g/mol. The Morgan fingerprint density at radius 2 is 2.47 bits per heavy atom. The summed E-state index contributed by atoms with van der Waals surface area (Å²) < 4.78 is 5.28. The number of H-pyrrole nitrogens is 1. The minimum absolute atomic E-state index is 0.233. The van der Waals surface area contributed by atoms with Crippen molar-refractivity contribution in [3.8, 4) is 0 Å². The normalized spacial score (nSPS) is 10.2. The van der Waals surface area contributed by atoms with Crippen LogP contribution in [0, 0.1) is 0 Å². The summed E-state index contributed by atoms with van der Waals surface area (Å²) in [6, 6.07) is 0. The maximum atomic E-state index is 11.3. The molecule has 2 N–H and O–H groups in total. The van der Waals surface area contributed by atoms with Crippen LogP contribution < -0.4 is 5.32 Å². The summed E-state index contributed by atoms with van der Waals surface area (Å²) in [6.07, 6.45) is 3.55. The highest BCUT2D eigenvalue weighted by Crippen LogP contribution is 1.89. The molecule has 0 aliphatic carbocycles. The van der Waals surface area contributed by atoms with Crippen molar-refractivity contribution in [2.75, 3.05) is 19.8 Å². The molecular weight excluding hydrogens is 196 g/mol. The number of carbonyl (C=O) groups is 1. The van der Waals surface area contributed by atoms with Crippen molar-refractivity contribution in [2.45, 2.75) is 19.8 Å². The number of hydrogen-bond acceptors (Lipinski definition) is 4. The summed E-state index contributed by atoms with van der Waals surface area (Å²) in [5, 5.41) is 12.3. The van der Waals surface area contributed by atoms with Crippen LogP contribution in [0.3, 0.4) is 0 Å². The Morgan fingerprint density at radius 3 is 3.13 bits per heavy atom. The zero-order valence-electron chi connectivity index (χ0n) is 8.82. The number of rotatable bonds is 7. The second-order valence-electron chi connectivity index (χ2n) is 3.08. The Morgan fingerprint density at radius 1 is 1.60 bits per heavy atom. The Hall–Kier alpha value is -1.43. The number of carbonyl (C=O) groups excluding carboxylic acids is 1. The van der Waals surface area contributed by atoms with Gasteiger partial charge in [-0.2, -0.15) is 15.4 Å². The highest BCUT2D eigenvalue weighted by Gasteiger charge is 2.06. The molecule has 6 heteroatoms. The number of aromatic amines is 1. The molecule has 1 heterocycles. The van der Waals surface area contributed by atoms with Crippen molar-refractivity contribution in [2.24, 2.45) is 0 Å². The first-order chi connectivity index (χ1) is 7.34. The number of aromatic nitrogens is 3. The van der Waals surface area contributed by atoms with Gasteiger partial charge in [0.1, 0.15) is 0 Å². The molecular formula is C9H16N4O2. The zero-order chi connectivity index (χ0) is 10.9. The minimum atomic E-state index is -0.233. The Kier molecular flexibility index (Phi) is 5.39. The van der Waals surface area contributed by atoms with Crippen molar-refractivity contribution in [3.05, 3.63) is 11.9 Å². The standard InChI is InChI=1S/C9H16N4O2/c1-2-3-5-15-6-4-10-9(14)8-7-11-13-12-8/h7H,2-6H2,1H3,(H,10,14)(H,11,12,13). The molecule has 0 aromatic carbocycles. The third kappa shape index (κ3) is 4.55. The van der Waals surface area contributed by atoms with Crippen LogP contribution in [0.15, 0.2) is 6.20 Å². The van der Waals surface area contributed by atoms with Gasteiger partial charge in [-0.3, -0.25) is 4.79 Å². The van der Waals surface area contributed by atoms with Crippen LogP contribution in [-0.4, -0.2) is 41.1 Å². The van der Waals surface area contributed by atoms with Gasteiger partial charge in [-0.05, 0) is 6.42 Å². The first-order valence-corrected chi connectivity index (χ1v) is 5.06. The van der Waals surface area contributed by atoms with E-state index in [1.54, 1.807) is 0 Å². The molecule has 1 aromatic heterocycles. The van der Waals surface area contributed by atoms with Crippen LogP contribution >= 0.6 is 0 Å². The Labute approximate surface area is 88.4 Å². The van der Waals surface area contributed by atoms with E-state index in [0.717, 1.165) is 19.4 Å². The smallest absolute Gasteiger partial charge is 0.273 e. The Bertz CT molecular complexity index is 274. The van der Waals surface area contributed by atoms with Crippen molar-refractivity contribution in [1.29, 1.82) is 0 Å². The number of hydrogen-bond donors (Lipinski definition) is 2. The summed E-state index contributed by atoms with van der Waals surface area (Å²) >= 11 is 0. The van der Waals surface area contributed by atoms with E-state index >= 15 is 0 Å². The molecule has 1 amide bonds. The minimum Gasteiger partial charge on any atom is -0.380 e. The van der Waals surface area contributed by atoms with Crippen molar-refractivity contribution in [1.82, 2.24) is 20.7 Å². The quantitative estimate of drug-likeness (QED) is 0.639. The van der Waals surface area contributed by atoms with Gasteiger partial charge >= 0.3 is 0 Å². The molecule has 0 saturated carbocycles. The summed E-state index contributed by atoms with van der Waals surface area (Å²) in [7, 11) is 0. The highest BCUT2D eigenvalue weighted by atomic mass is 16.5. The third-order valence-corrected chi connectivity index (χ3v) is 1.82. The second-order valence-corrected chi connectivity index (χ2v) is 3.08. The van der Waals surface area contributed by atoms with E-state index in [4.69, 9.17) is 4.74 Å². The maximum Gasteiger partial charge on any atom is 0.273 e. The highest BCUT2D eigenvalue weighted by molar-refractivity contribution is 5.91. The lowest BCUT2D eigenvalue weighted by atomic mass is 10.4. The first-order valence-electron chi connectivity index (χ1n) is 5.06. The van der Waals surface area contributed by atoms with Gasteiger partial charge in [-0.1, -0.05) is 13.3 Å². The maximum absolute atomic E-state index is 11.3. The fourth-order valence-electron chi connectivity index (χ4n) is 0.987. The van der Waals surface area contributed by atoms with Crippen LogP contribution in [0.2, 0.25) is 0 Å². The van der Waals surface area contributed by atoms with Gasteiger partial charge < -0.3 is 10.1 Å². The van der Waals surface area contributed by atoms with E-state index in [9.17, 15) is 4.79 Å². The van der Waals surface area contributed by atoms with Crippen molar-refractivity contribution < 1.29 is 9.53 Å². The van der Waals surface area contributed by atoms with Crippen LogP contribution in [0.1, 0.15) is 30.3 Å². The van der Waals surface area contributed by atoms with Gasteiger partial charge in [-0.15, -0.1) is 0 Å². The monoisotopic (exact) mass is 212 g/mol. The van der Waals surface area contributed by atoms with E-state index in [2.05, 4.69) is 27.7 Å². The van der Waals surface area contributed by atoms with Crippen LogP contribution in [-0.2, 0) is 4.74 Å². The molecule has 0 saturated heterocycles. The van der Waals surface area contributed by atoms with E-state index < -0.39 is 0 Å². The lowest BCUT2D eigenvalue weighted by molar-refractivity contribution is 0.0908. The predicted molar refractivity (Wildman–Crippen MR) is 54.4 cm³/mol. The summed E-state index contributed by atoms with van der Waals surface area (Å²) in [4.78, 5) is 11.3. The van der Waals surface area contributed by atoms with E-state index in [1.165, 1.54) is 6.20 Å². The van der Waals surface area contributed by atoms with Gasteiger partial charge in [0.25, 0.3) is 5.91 Å². The molecule has 84 valence electrons. The summed E-state index contributed by atoms with van der Waals surface area (Å²) in [5.74, 6) is -0.233. The van der Waals surface area contributed by atoms with E-state index in [0.29, 0.717) is 18.8 Å². The molecule has 0 atom stereocenters. The molecule has 0 spiro atoms. The molecule has 0 radical (unpaired) electrons. The summed E-state index contributed by atoms with van der Waals surface area (Å²) in [5.41, 5.74) is 0.295. The molecule has 0 aliphatic heterocycles. The van der Waals surface area contributed by atoms with E-state index in [1.807, 2.05) is 0 Å². The van der Waals surface area contributed by atoms with Gasteiger partial charge in [-0.25, -0.2) is 0 Å². The van der Waals surface area contributed by atoms with Gasteiger partial charge in [0.15, 0.2) is 5.69 Å². The first kappa shape index (κ1) is 11.6. The number of ether oxygens (including phenoxy) is 1. The molecule has 0 aliphatic rings. The zero-order valence-corrected chi connectivity index (χ0v) is 8.82. The molecule has 0 unspecified atom stereocenters. The second kappa shape index (κ2) is 6.94. The van der Waals surface area contributed by atoms with Gasteiger partial charge in [0, 0.05) is 13.2 Å². The lowest BCUT2D eigenvalue weighted by Crippen LogP contribution is -2.27. The van der Waals surface area contributed by atoms with Crippen LogP contribution in [0.5, 0.6) is 0 Å². The Balaban J connectivity index is 2.03. The molecule has 0 bridgehead atoms. The fourth-order valence-corrected chi connectivity index (χ4v) is 0.987. The lowest BCUT2D eigenvalue weighted by Gasteiger charge is -2.03. The average Bonchev–Trinajstić information content (AvgIpc) is 2.76. The number of nitrogens with zero attached hydrogens (tertiary/aromatic N) is 2. The number of nitrogens with one attached hydrogen (secondary N) is 2. The molecule has 1 rings (SSSR count). The van der Waals surface area contributed by atoms with Crippen LogP contribution in [0.4, 0.5) is 0 Å². The number of unbranched alkanes of at least 4 members (excludes halogenated alkanes) is 1. The topological polar surface area (TPSA) is 79.9 Å². The van der Waals surface area contributed by atoms with Crippen molar-refractivity contribution in [3.63, 3.8) is 0 Å². The molecule has 6 nitrogen and oxygen atoms in total. The third-order valence-electron chi connectivity index (χ3n) is 1.82. The van der Waals surface area contributed by atoms with E-state index in [-0.39, 0.29) is 5.91 Å². The predicted octanol–water partition coefficient (Wildman–Crippen LogP) is 0.351. The summed E-state index contributed by atoms with van der Waals surface area (Å²) in [6.45, 7) is 3.88. The van der Waals surface area contributed by atoms with Gasteiger partial charge in [0.2, 0.25) is 0 Å². The number of amides is 1. The van der Waals surface area contributed by atoms with Crippen molar-refractivity contribution >= 4 is 5.91 Å². The molecule has 15 heavy (non-hydrogen) atoms. The largest absolute Gasteiger partial charge is 0.380 e. The SMILES string of the molecule is CCCCOCCNC(=O)c1cn[nH]n1. The molecule has 1 aromatic rings. The van der Waals surface area contributed by atoms with Gasteiger partial charge in [0.05, 0.1) is 12.8 Å². The van der Waals surface area contributed by atoms with Crippen LogP contribution in [0.25, 0.3) is 0 Å².